The van der Waals surface area contributed by atoms with Gasteiger partial charge in [0.1, 0.15) is 11.1 Å². The second-order valence-electron chi connectivity index (χ2n) is 7.70. The highest BCUT2D eigenvalue weighted by atomic mass is 32.2. The van der Waals surface area contributed by atoms with Gasteiger partial charge in [-0.1, -0.05) is 32.5 Å². The van der Waals surface area contributed by atoms with Gasteiger partial charge in [-0.15, -0.1) is 11.3 Å². The number of carbonyl (C=O) groups excluding carboxylic acids is 1. The number of fused-ring (bicyclic) bond motifs is 1. The molecule has 8 heteroatoms. The molecule has 0 radical (unpaired) electrons. The van der Waals surface area contributed by atoms with Gasteiger partial charge in [-0.3, -0.25) is 9.59 Å². The van der Waals surface area contributed by atoms with Gasteiger partial charge < -0.3 is 10.3 Å². The number of thioether (sulfide) groups is 1. The summed E-state index contributed by atoms with van der Waals surface area (Å²) in [7, 11) is 0. The molecule has 0 fully saturated rings. The van der Waals surface area contributed by atoms with Crippen molar-refractivity contribution in [3.63, 3.8) is 0 Å². The molecule has 3 rings (SSSR count). The number of thiophene rings is 1. The number of nitrogens with one attached hydrogen (secondary N) is 2. The molecule has 1 amide bonds. The minimum absolute atomic E-state index is 0.116. The van der Waals surface area contributed by atoms with Gasteiger partial charge in [0.15, 0.2) is 5.16 Å². The van der Waals surface area contributed by atoms with Crippen LogP contribution in [0.2, 0.25) is 0 Å². The Morgan fingerprint density at radius 2 is 2.30 bits per heavy atom. The number of amides is 1. The van der Waals surface area contributed by atoms with E-state index in [1.165, 1.54) is 28.5 Å². The van der Waals surface area contributed by atoms with Crippen LogP contribution in [0, 0.1) is 22.7 Å². The van der Waals surface area contributed by atoms with Gasteiger partial charge in [-0.05, 0) is 36.2 Å². The number of hydrogen-bond acceptors (Lipinski definition) is 6. The third-order valence-corrected chi connectivity index (χ3v) is 6.90. The summed E-state index contributed by atoms with van der Waals surface area (Å²) >= 11 is 2.68. The summed E-state index contributed by atoms with van der Waals surface area (Å²) in [5, 5.41) is 13.5. The molecule has 27 heavy (non-hydrogen) atoms. The molecule has 2 aromatic rings. The molecule has 2 aromatic heterocycles. The van der Waals surface area contributed by atoms with Gasteiger partial charge >= 0.3 is 0 Å². The highest BCUT2D eigenvalue weighted by Crippen LogP contribution is 2.44. The van der Waals surface area contributed by atoms with Gasteiger partial charge in [0.2, 0.25) is 5.91 Å². The van der Waals surface area contributed by atoms with Crippen LogP contribution in [-0.2, 0) is 17.6 Å². The minimum Gasteiger partial charge on any atom is -0.316 e. The van der Waals surface area contributed by atoms with Crippen molar-refractivity contribution in [1.29, 1.82) is 5.26 Å². The molecular weight excluding hydrogens is 380 g/mol. The zero-order valence-electron chi connectivity index (χ0n) is 15.6. The number of nitriles is 1. The predicted octanol–water partition coefficient (Wildman–Crippen LogP) is 3.58. The average molecular weight is 403 g/mol. The number of H-pyrrole nitrogens is 1. The lowest BCUT2D eigenvalue weighted by Crippen LogP contribution is -2.26. The number of aromatic nitrogens is 2. The van der Waals surface area contributed by atoms with Crippen LogP contribution in [0.4, 0.5) is 5.00 Å². The van der Waals surface area contributed by atoms with Gasteiger partial charge in [0, 0.05) is 17.1 Å². The second kappa shape index (κ2) is 7.87. The maximum absolute atomic E-state index is 12.3. The molecule has 6 nitrogen and oxygen atoms in total. The zero-order chi connectivity index (χ0) is 19.6. The van der Waals surface area contributed by atoms with E-state index in [1.54, 1.807) is 0 Å². The third-order valence-electron chi connectivity index (χ3n) is 4.84. The monoisotopic (exact) mass is 402 g/mol. The van der Waals surface area contributed by atoms with Crippen molar-refractivity contribution in [2.75, 3.05) is 11.1 Å². The van der Waals surface area contributed by atoms with Gasteiger partial charge in [-0.25, -0.2) is 4.98 Å². The van der Waals surface area contributed by atoms with Crippen molar-refractivity contribution >= 4 is 34.0 Å². The average Bonchev–Trinajstić information content (AvgIpc) is 2.95. The summed E-state index contributed by atoms with van der Waals surface area (Å²) in [5.74, 6) is 0.481. The number of aromatic amines is 1. The first-order valence-electron chi connectivity index (χ1n) is 8.80. The first-order valence-corrected chi connectivity index (χ1v) is 10.6. The Balaban J connectivity index is 1.70. The van der Waals surface area contributed by atoms with Crippen molar-refractivity contribution < 1.29 is 4.79 Å². The molecule has 1 aliphatic rings. The topological polar surface area (TPSA) is 98.6 Å². The van der Waals surface area contributed by atoms with Gasteiger partial charge in [0.05, 0.1) is 11.3 Å². The van der Waals surface area contributed by atoms with E-state index >= 15 is 0 Å². The summed E-state index contributed by atoms with van der Waals surface area (Å²) in [6, 6.07) is 3.60. The maximum atomic E-state index is 12.3. The van der Waals surface area contributed by atoms with Crippen LogP contribution in [0.1, 0.15) is 43.2 Å². The Bertz CT molecular complexity index is 950. The summed E-state index contributed by atoms with van der Waals surface area (Å²) in [6.07, 6.45) is 4.32. The van der Waals surface area contributed by atoms with Gasteiger partial charge in [-0.2, -0.15) is 5.26 Å². The number of rotatable bonds is 4. The first-order chi connectivity index (χ1) is 12.8. The lowest BCUT2D eigenvalue weighted by molar-refractivity contribution is -0.113. The lowest BCUT2D eigenvalue weighted by atomic mass is 9.72. The fraction of sp³-hybridized carbons (Fsp3) is 0.474. The minimum atomic E-state index is -0.251. The molecular formula is C19H22N4O2S2. The van der Waals surface area contributed by atoms with Crippen LogP contribution < -0.4 is 10.9 Å². The molecule has 0 spiro atoms. The molecule has 1 aliphatic carbocycles. The van der Waals surface area contributed by atoms with E-state index in [0.29, 0.717) is 21.6 Å². The van der Waals surface area contributed by atoms with Gasteiger partial charge in [0.25, 0.3) is 5.56 Å². The van der Waals surface area contributed by atoms with Crippen LogP contribution in [0.5, 0.6) is 0 Å². The Hall–Kier alpha value is -2.11. The molecule has 1 atom stereocenters. The van der Waals surface area contributed by atoms with Crippen LogP contribution >= 0.6 is 23.1 Å². The quantitative estimate of drug-likeness (QED) is 0.601. The fourth-order valence-corrected chi connectivity index (χ4v) is 5.20. The van der Waals surface area contributed by atoms with Crippen LogP contribution in [0.3, 0.4) is 0 Å². The molecule has 2 N–H and O–H groups in total. The number of nitrogens with zero attached hydrogens (tertiary/aromatic N) is 2. The smallest absolute Gasteiger partial charge is 0.251 e. The Kier molecular flexibility index (Phi) is 5.72. The van der Waals surface area contributed by atoms with E-state index < -0.39 is 0 Å². The molecule has 0 aromatic carbocycles. The van der Waals surface area contributed by atoms with Crippen molar-refractivity contribution in [3.05, 3.63) is 38.6 Å². The van der Waals surface area contributed by atoms with E-state index in [2.05, 4.69) is 42.1 Å². The third kappa shape index (κ3) is 4.60. The summed E-state index contributed by atoms with van der Waals surface area (Å²) in [4.78, 5) is 31.4. The molecule has 0 saturated heterocycles. The van der Waals surface area contributed by atoms with Crippen LogP contribution in [0.15, 0.2) is 22.2 Å². The summed E-state index contributed by atoms with van der Waals surface area (Å²) in [5.41, 5.74) is 1.68. The van der Waals surface area contributed by atoms with Crippen molar-refractivity contribution in [1.82, 2.24) is 9.97 Å². The Labute approximate surface area is 166 Å². The van der Waals surface area contributed by atoms with Crippen LogP contribution in [0.25, 0.3) is 0 Å². The highest BCUT2D eigenvalue weighted by Gasteiger charge is 2.32. The van der Waals surface area contributed by atoms with Crippen molar-refractivity contribution in [2.24, 2.45) is 11.3 Å². The molecule has 0 saturated carbocycles. The largest absolute Gasteiger partial charge is 0.316 e. The normalized spacial score (nSPS) is 16.4. The van der Waals surface area contributed by atoms with Crippen molar-refractivity contribution in [3.8, 4) is 6.07 Å². The number of hydrogen-bond donors (Lipinski definition) is 2. The Morgan fingerprint density at radius 1 is 1.52 bits per heavy atom. The van der Waals surface area contributed by atoms with E-state index in [-0.39, 0.29) is 22.6 Å². The molecule has 0 unspecified atom stereocenters. The van der Waals surface area contributed by atoms with E-state index in [9.17, 15) is 14.9 Å². The zero-order valence-corrected chi connectivity index (χ0v) is 17.2. The molecule has 0 aliphatic heterocycles. The second-order valence-corrected chi connectivity index (χ2v) is 9.77. The van der Waals surface area contributed by atoms with Crippen LogP contribution in [-0.4, -0.2) is 21.6 Å². The lowest BCUT2D eigenvalue weighted by Gasteiger charge is -2.33. The molecule has 2 heterocycles. The van der Waals surface area contributed by atoms with E-state index in [0.717, 1.165) is 36.6 Å². The highest BCUT2D eigenvalue weighted by molar-refractivity contribution is 7.99. The summed E-state index contributed by atoms with van der Waals surface area (Å²) in [6.45, 7) is 6.76. The van der Waals surface area contributed by atoms with E-state index in [4.69, 9.17) is 0 Å². The standard InChI is InChI=1S/C19H22N4O2S2/c1-19(2,3)11-4-5-12-13(9-20)17(27-14(12)8-11)22-16(25)10-26-18-21-7-6-15(24)23-18/h6-7,11H,4-5,8,10H2,1-3H3,(H,22,25)(H,21,23,24)/t11-/m1/s1. The number of anilines is 1. The first kappa shape index (κ1) is 19.6. The maximum Gasteiger partial charge on any atom is 0.251 e. The Morgan fingerprint density at radius 3 is 2.96 bits per heavy atom. The predicted molar refractivity (Wildman–Crippen MR) is 108 cm³/mol. The summed E-state index contributed by atoms with van der Waals surface area (Å²) < 4.78 is 0. The molecule has 0 bridgehead atoms. The number of carbonyl (C=O) groups is 1. The van der Waals surface area contributed by atoms with Crippen molar-refractivity contribution in [2.45, 2.75) is 45.2 Å². The fourth-order valence-electron chi connectivity index (χ4n) is 3.25. The molecule has 142 valence electrons. The van der Waals surface area contributed by atoms with E-state index in [1.807, 2.05) is 0 Å². The SMILES string of the molecule is CC(C)(C)[C@@H]1CCc2c(sc(NC(=O)CSc3nccc(=O)[nH]3)c2C#N)C1.